The SMILES string of the molecule is Cc1ccccc1-n1nccc1NC(=O)N(C)CCC(=O)O. The van der Waals surface area contributed by atoms with Crippen molar-refractivity contribution in [2.75, 3.05) is 18.9 Å². The van der Waals surface area contributed by atoms with Gasteiger partial charge in [-0.3, -0.25) is 10.1 Å². The Bertz CT molecular complexity index is 681. The first kappa shape index (κ1) is 15.6. The van der Waals surface area contributed by atoms with Crippen molar-refractivity contribution in [1.29, 1.82) is 0 Å². The molecule has 0 aliphatic rings. The molecular weight excluding hydrogens is 284 g/mol. The van der Waals surface area contributed by atoms with Gasteiger partial charge in [0.25, 0.3) is 0 Å². The van der Waals surface area contributed by atoms with Crippen LogP contribution >= 0.6 is 0 Å². The van der Waals surface area contributed by atoms with E-state index in [9.17, 15) is 9.59 Å². The number of benzene rings is 1. The maximum atomic E-state index is 12.1. The minimum Gasteiger partial charge on any atom is -0.481 e. The van der Waals surface area contributed by atoms with Crippen LogP contribution in [0.25, 0.3) is 5.69 Å². The first-order valence-corrected chi connectivity index (χ1v) is 6.83. The highest BCUT2D eigenvalue weighted by Gasteiger charge is 2.14. The normalized spacial score (nSPS) is 10.3. The lowest BCUT2D eigenvalue weighted by atomic mass is 10.2. The molecule has 0 spiro atoms. The van der Waals surface area contributed by atoms with Gasteiger partial charge in [-0.05, 0) is 18.6 Å². The van der Waals surface area contributed by atoms with Gasteiger partial charge in [0.15, 0.2) is 0 Å². The van der Waals surface area contributed by atoms with E-state index in [0.717, 1.165) is 11.3 Å². The lowest BCUT2D eigenvalue weighted by molar-refractivity contribution is -0.137. The van der Waals surface area contributed by atoms with Gasteiger partial charge >= 0.3 is 12.0 Å². The van der Waals surface area contributed by atoms with Crippen LogP contribution in [0.3, 0.4) is 0 Å². The van der Waals surface area contributed by atoms with Crippen molar-refractivity contribution in [3.8, 4) is 5.69 Å². The molecule has 2 N–H and O–H groups in total. The molecule has 1 aromatic carbocycles. The van der Waals surface area contributed by atoms with Gasteiger partial charge in [-0.2, -0.15) is 5.10 Å². The Balaban J connectivity index is 2.12. The number of aromatic nitrogens is 2. The predicted octanol–water partition coefficient (Wildman–Crippen LogP) is 2.12. The summed E-state index contributed by atoms with van der Waals surface area (Å²) in [6.07, 6.45) is 1.50. The van der Waals surface area contributed by atoms with Gasteiger partial charge in [0.2, 0.25) is 0 Å². The van der Waals surface area contributed by atoms with E-state index in [4.69, 9.17) is 5.11 Å². The summed E-state index contributed by atoms with van der Waals surface area (Å²) < 4.78 is 1.64. The summed E-state index contributed by atoms with van der Waals surface area (Å²) >= 11 is 0. The molecule has 7 heteroatoms. The number of hydrogen-bond donors (Lipinski definition) is 2. The Morgan fingerprint density at radius 2 is 2.05 bits per heavy atom. The third kappa shape index (κ3) is 3.63. The summed E-state index contributed by atoms with van der Waals surface area (Å²) in [6.45, 7) is 2.10. The first-order valence-electron chi connectivity index (χ1n) is 6.83. The van der Waals surface area contributed by atoms with E-state index in [-0.39, 0.29) is 19.0 Å². The fourth-order valence-electron chi connectivity index (χ4n) is 1.96. The number of anilines is 1. The molecule has 0 radical (unpaired) electrons. The van der Waals surface area contributed by atoms with Crippen molar-refractivity contribution in [2.45, 2.75) is 13.3 Å². The molecule has 0 atom stereocenters. The number of para-hydroxylation sites is 1. The Kier molecular flexibility index (Phi) is 4.77. The number of nitrogens with zero attached hydrogens (tertiary/aromatic N) is 3. The number of carbonyl (C=O) groups is 2. The third-order valence-corrected chi connectivity index (χ3v) is 3.23. The van der Waals surface area contributed by atoms with E-state index in [1.165, 1.54) is 4.90 Å². The first-order chi connectivity index (χ1) is 10.5. The number of carbonyl (C=O) groups excluding carboxylic acids is 1. The van der Waals surface area contributed by atoms with Crippen molar-refractivity contribution in [1.82, 2.24) is 14.7 Å². The molecule has 0 aliphatic heterocycles. The van der Waals surface area contributed by atoms with Crippen LogP contribution in [0.5, 0.6) is 0 Å². The van der Waals surface area contributed by atoms with Gasteiger partial charge in [-0.25, -0.2) is 9.48 Å². The number of hydrogen-bond acceptors (Lipinski definition) is 3. The van der Waals surface area contributed by atoms with Crippen molar-refractivity contribution in [3.05, 3.63) is 42.1 Å². The molecule has 22 heavy (non-hydrogen) atoms. The van der Waals surface area contributed by atoms with Crippen LogP contribution in [0.4, 0.5) is 10.6 Å². The lowest BCUT2D eigenvalue weighted by Crippen LogP contribution is -2.33. The van der Waals surface area contributed by atoms with Crippen molar-refractivity contribution in [3.63, 3.8) is 0 Å². The number of nitrogens with one attached hydrogen (secondary N) is 1. The predicted molar refractivity (Wildman–Crippen MR) is 82.2 cm³/mol. The Morgan fingerprint density at radius 1 is 1.32 bits per heavy atom. The van der Waals surface area contributed by atoms with Crippen LogP contribution in [0.1, 0.15) is 12.0 Å². The average molecular weight is 302 g/mol. The molecule has 7 nitrogen and oxygen atoms in total. The maximum Gasteiger partial charge on any atom is 0.322 e. The molecule has 0 saturated heterocycles. The van der Waals surface area contributed by atoms with Crippen molar-refractivity contribution in [2.24, 2.45) is 0 Å². The summed E-state index contributed by atoms with van der Waals surface area (Å²) in [4.78, 5) is 23.9. The summed E-state index contributed by atoms with van der Waals surface area (Å²) in [5, 5.41) is 15.6. The minimum atomic E-state index is -0.940. The van der Waals surface area contributed by atoms with E-state index in [1.807, 2.05) is 31.2 Å². The molecule has 0 aliphatic carbocycles. The average Bonchev–Trinajstić information content (AvgIpc) is 2.93. The highest BCUT2D eigenvalue weighted by molar-refractivity contribution is 5.88. The standard InChI is InChI=1S/C15H18N4O3/c1-11-5-3-4-6-12(11)19-13(7-9-16-19)17-15(22)18(2)10-8-14(20)21/h3-7,9H,8,10H2,1-2H3,(H,17,22)(H,20,21). The van der Waals surface area contributed by atoms with E-state index < -0.39 is 5.97 Å². The molecule has 0 unspecified atom stereocenters. The smallest absolute Gasteiger partial charge is 0.322 e. The molecule has 0 bridgehead atoms. The molecule has 0 saturated carbocycles. The quantitative estimate of drug-likeness (QED) is 0.885. The van der Waals surface area contributed by atoms with E-state index in [0.29, 0.717) is 5.82 Å². The second kappa shape index (κ2) is 6.75. The van der Waals surface area contributed by atoms with Crippen LogP contribution in [-0.2, 0) is 4.79 Å². The number of amides is 2. The fraction of sp³-hybridized carbons (Fsp3) is 0.267. The Hall–Kier alpha value is -2.83. The van der Waals surface area contributed by atoms with E-state index >= 15 is 0 Å². The number of aliphatic carboxylic acids is 1. The molecule has 2 rings (SSSR count). The van der Waals surface area contributed by atoms with Gasteiger partial charge in [0.1, 0.15) is 5.82 Å². The molecule has 1 heterocycles. The van der Waals surface area contributed by atoms with Gasteiger partial charge in [0, 0.05) is 19.7 Å². The minimum absolute atomic E-state index is 0.0963. The van der Waals surface area contributed by atoms with Crippen molar-refractivity contribution >= 4 is 17.8 Å². The highest BCUT2D eigenvalue weighted by Crippen LogP contribution is 2.18. The van der Waals surface area contributed by atoms with Crippen molar-refractivity contribution < 1.29 is 14.7 Å². The van der Waals surface area contributed by atoms with Gasteiger partial charge in [-0.1, -0.05) is 18.2 Å². The lowest BCUT2D eigenvalue weighted by Gasteiger charge is -2.17. The largest absolute Gasteiger partial charge is 0.481 e. The maximum absolute atomic E-state index is 12.1. The zero-order valence-corrected chi connectivity index (χ0v) is 12.5. The summed E-state index contributed by atoms with van der Waals surface area (Å²) in [7, 11) is 1.55. The van der Waals surface area contributed by atoms with Crippen LogP contribution < -0.4 is 5.32 Å². The molecule has 0 fully saturated rings. The second-order valence-corrected chi connectivity index (χ2v) is 4.91. The van der Waals surface area contributed by atoms with Crippen LogP contribution in [0.15, 0.2) is 36.5 Å². The zero-order chi connectivity index (χ0) is 16.1. The number of aryl methyl sites for hydroxylation is 1. The molecular formula is C15H18N4O3. The highest BCUT2D eigenvalue weighted by atomic mass is 16.4. The fourth-order valence-corrected chi connectivity index (χ4v) is 1.96. The molecule has 2 aromatic rings. The summed E-state index contributed by atoms with van der Waals surface area (Å²) in [6, 6.07) is 9.01. The Morgan fingerprint density at radius 3 is 2.73 bits per heavy atom. The molecule has 2 amide bonds. The Labute approximate surface area is 128 Å². The number of rotatable bonds is 5. The van der Waals surface area contributed by atoms with E-state index in [2.05, 4.69) is 10.4 Å². The summed E-state index contributed by atoms with van der Waals surface area (Å²) in [5.41, 5.74) is 1.90. The zero-order valence-electron chi connectivity index (χ0n) is 12.5. The van der Waals surface area contributed by atoms with Crippen LogP contribution in [-0.4, -0.2) is 45.4 Å². The molecule has 116 valence electrons. The van der Waals surface area contributed by atoms with E-state index in [1.54, 1.807) is 24.0 Å². The number of carboxylic acid groups (broad SMARTS) is 1. The van der Waals surface area contributed by atoms with Gasteiger partial charge in [-0.15, -0.1) is 0 Å². The third-order valence-electron chi connectivity index (χ3n) is 3.23. The second-order valence-electron chi connectivity index (χ2n) is 4.91. The van der Waals surface area contributed by atoms with Crippen LogP contribution in [0.2, 0.25) is 0 Å². The van der Waals surface area contributed by atoms with Gasteiger partial charge in [0.05, 0.1) is 18.3 Å². The monoisotopic (exact) mass is 302 g/mol. The molecule has 1 aromatic heterocycles. The summed E-state index contributed by atoms with van der Waals surface area (Å²) in [5.74, 6) is -0.411. The topological polar surface area (TPSA) is 87.5 Å². The number of carboxylic acids is 1. The van der Waals surface area contributed by atoms with Gasteiger partial charge < -0.3 is 10.0 Å². The number of urea groups is 1. The van der Waals surface area contributed by atoms with Crippen LogP contribution in [0, 0.1) is 6.92 Å².